The van der Waals surface area contributed by atoms with E-state index in [0.29, 0.717) is 23.5 Å². The average Bonchev–Trinajstić information content (AvgIpc) is 2.96. The summed E-state index contributed by atoms with van der Waals surface area (Å²) in [6.07, 6.45) is 1.55. The van der Waals surface area contributed by atoms with Crippen molar-refractivity contribution in [3.05, 3.63) is 41.3 Å². The van der Waals surface area contributed by atoms with Crippen LogP contribution in [0.25, 0.3) is 11.0 Å². The van der Waals surface area contributed by atoms with E-state index >= 15 is 0 Å². The molecule has 6 nitrogen and oxygen atoms in total. The van der Waals surface area contributed by atoms with Gasteiger partial charge >= 0.3 is 0 Å². The van der Waals surface area contributed by atoms with Gasteiger partial charge in [-0.3, -0.25) is 0 Å². The third-order valence-electron chi connectivity index (χ3n) is 3.26. The number of fused-ring (bicyclic) bond motifs is 1. The molecule has 8 heteroatoms. The van der Waals surface area contributed by atoms with Gasteiger partial charge in [-0.15, -0.1) is 0 Å². The Bertz CT molecular complexity index is 807. The summed E-state index contributed by atoms with van der Waals surface area (Å²) in [4.78, 5) is 8.17. The molecule has 3 aromatic rings. The van der Waals surface area contributed by atoms with Gasteiger partial charge in [-0.05, 0) is 29.3 Å². The van der Waals surface area contributed by atoms with Gasteiger partial charge in [-0.1, -0.05) is 12.1 Å². The van der Waals surface area contributed by atoms with E-state index in [0.717, 1.165) is 11.3 Å². The summed E-state index contributed by atoms with van der Waals surface area (Å²) in [6, 6.07) is 7.48. The predicted molar refractivity (Wildman–Crippen MR) is 83.6 cm³/mol. The third-order valence-corrected chi connectivity index (χ3v) is 3.43. The number of hydrogen-bond acceptors (Lipinski definition) is 5. The van der Waals surface area contributed by atoms with Gasteiger partial charge in [0.1, 0.15) is 24.4 Å². The number of halogens is 2. The first-order valence-corrected chi connectivity index (χ1v) is 7.30. The lowest BCUT2D eigenvalue weighted by Crippen LogP contribution is -2.04. The summed E-state index contributed by atoms with van der Waals surface area (Å²) < 4.78 is 24.8. The Morgan fingerprint density at radius 2 is 2.00 bits per heavy atom. The molecular weight excluding hydrogens is 323 g/mol. The Labute approximate surface area is 136 Å². The summed E-state index contributed by atoms with van der Waals surface area (Å²) in [5, 5.41) is 4.71. The van der Waals surface area contributed by atoms with Crippen LogP contribution in [0.4, 0.5) is 4.39 Å². The quantitative estimate of drug-likeness (QED) is 0.647. The van der Waals surface area contributed by atoms with Crippen LogP contribution in [0.1, 0.15) is 5.56 Å². The first-order valence-electron chi connectivity index (χ1n) is 6.92. The van der Waals surface area contributed by atoms with E-state index in [2.05, 4.69) is 15.1 Å². The maximum Gasteiger partial charge on any atom is 0.229 e. The molecule has 1 aromatic carbocycles. The zero-order chi connectivity index (χ0) is 16.2. The highest BCUT2D eigenvalue weighted by Crippen LogP contribution is 2.25. The van der Waals surface area contributed by atoms with Crippen molar-refractivity contribution in [2.75, 3.05) is 13.8 Å². The number of aryl methyl sites for hydroxylation is 1. The third kappa shape index (κ3) is 3.34. The average molecular weight is 337 g/mol. The van der Waals surface area contributed by atoms with Gasteiger partial charge in [0.15, 0.2) is 5.65 Å². The van der Waals surface area contributed by atoms with E-state index < -0.39 is 6.67 Å². The van der Waals surface area contributed by atoms with E-state index in [1.54, 1.807) is 13.3 Å². The van der Waals surface area contributed by atoms with Crippen molar-refractivity contribution in [3.8, 4) is 11.6 Å². The molecule has 0 saturated carbocycles. The van der Waals surface area contributed by atoms with Crippen molar-refractivity contribution in [2.45, 2.75) is 13.2 Å². The van der Waals surface area contributed by atoms with Crippen molar-refractivity contribution in [2.24, 2.45) is 0 Å². The van der Waals surface area contributed by atoms with Crippen LogP contribution < -0.4 is 9.47 Å². The normalized spacial score (nSPS) is 10.9. The van der Waals surface area contributed by atoms with Gasteiger partial charge in [0.25, 0.3) is 0 Å². The number of rotatable bonds is 6. The molecular formula is C15H14ClFN4O2. The number of benzene rings is 1. The molecule has 120 valence electrons. The van der Waals surface area contributed by atoms with E-state index in [1.807, 2.05) is 24.3 Å². The van der Waals surface area contributed by atoms with Crippen LogP contribution in [0.3, 0.4) is 0 Å². The number of nitrogens with zero attached hydrogens (tertiary/aromatic N) is 4. The molecule has 0 radical (unpaired) electrons. The summed E-state index contributed by atoms with van der Waals surface area (Å²) in [5.41, 5.74) is 1.40. The molecule has 0 spiro atoms. The van der Waals surface area contributed by atoms with E-state index in [-0.39, 0.29) is 11.8 Å². The Hall–Kier alpha value is -2.41. The lowest BCUT2D eigenvalue weighted by molar-refractivity contribution is 0.297. The predicted octanol–water partition coefficient (Wildman–Crippen LogP) is 3.04. The second kappa shape index (κ2) is 6.78. The smallest absolute Gasteiger partial charge is 0.229 e. The fourth-order valence-electron chi connectivity index (χ4n) is 2.13. The first kappa shape index (κ1) is 15.5. The fraction of sp³-hybridized carbons (Fsp3) is 0.267. The Kier molecular flexibility index (Phi) is 4.57. The zero-order valence-corrected chi connectivity index (χ0v) is 13.1. The highest BCUT2D eigenvalue weighted by Gasteiger charge is 2.13. The van der Waals surface area contributed by atoms with Gasteiger partial charge < -0.3 is 9.47 Å². The molecule has 0 unspecified atom stereocenters. The standard InChI is InChI=1S/C15H14ClFN4O2/c1-22-11-4-2-10(3-5-11)9-23-14-12-8-18-21(7-6-17)13(12)19-15(16)20-14/h2-5,8H,6-7,9H2,1H3. The molecule has 0 atom stereocenters. The molecule has 3 rings (SSSR count). The second-order valence-electron chi connectivity index (χ2n) is 4.73. The zero-order valence-electron chi connectivity index (χ0n) is 12.4. The first-order chi connectivity index (χ1) is 11.2. The van der Waals surface area contributed by atoms with E-state index in [4.69, 9.17) is 21.1 Å². The largest absolute Gasteiger partial charge is 0.497 e. The Morgan fingerprint density at radius 3 is 2.70 bits per heavy atom. The molecule has 0 aliphatic rings. The minimum absolute atomic E-state index is 0.0304. The Balaban J connectivity index is 1.84. The maximum absolute atomic E-state index is 12.5. The van der Waals surface area contributed by atoms with Gasteiger partial charge in [0.2, 0.25) is 11.2 Å². The lowest BCUT2D eigenvalue weighted by Gasteiger charge is -2.08. The Morgan fingerprint density at radius 1 is 1.22 bits per heavy atom. The van der Waals surface area contributed by atoms with Gasteiger partial charge in [-0.2, -0.15) is 15.1 Å². The topological polar surface area (TPSA) is 62.1 Å². The molecule has 2 aromatic heterocycles. The summed E-state index contributed by atoms with van der Waals surface area (Å²) in [7, 11) is 1.61. The highest BCUT2D eigenvalue weighted by molar-refractivity contribution is 6.28. The van der Waals surface area contributed by atoms with Gasteiger partial charge in [0, 0.05) is 0 Å². The minimum atomic E-state index is -0.541. The van der Waals surface area contributed by atoms with Crippen LogP contribution in [0, 0.1) is 0 Å². The number of aromatic nitrogens is 4. The molecule has 0 aliphatic carbocycles. The number of hydrogen-bond donors (Lipinski definition) is 0. The number of methoxy groups -OCH3 is 1. The van der Waals surface area contributed by atoms with Gasteiger partial charge in [-0.25, -0.2) is 9.07 Å². The van der Waals surface area contributed by atoms with Crippen LogP contribution in [0.15, 0.2) is 30.5 Å². The van der Waals surface area contributed by atoms with Crippen molar-refractivity contribution < 1.29 is 13.9 Å². The summed E-state index contributed by atoms with van der Waals surface area (Å²) in [6.45, 7) is -0.129. The SMILES string of the molecule is COc1ccc(COc2nc(Cl)nc3c2cnn3CCF)cc1. The lowest BCUT2D eigenvalue weighted by atomic mass is 10.2. The molecule has 0 fully saturated rings. The highest BCUT2D eigenvalue weighted by atomic mass is 35.5. The monoisotopic (exact) mass is 336 g/mol. The van der Waals surface area contributed by atoms with Crippen LogP contribution in [-0.2, 0) is 13.2 Å². The van der Waals surface area contributed by atoms with Crippen molar-refractivity contribution in [1.82, 2.24) is 19.7 Å². The van der Waals surface area contributed by atoms with Crippen LogP contribution in [0.2, 0.25) is 5.28 Å². The van der Waals surface area contributed by atoms with Crippen LogP contribution in [0.5, 0.6) is 11.6 Å². The van der Waals surface area contributed by atoms with E-state index in [1.165, 1.54) is 4.68 Å². The van der Waals surface area contributed by atoms with Crippen molar-refractivity contribution >= 4 is 22.6 Å². The molecule has 0 amide bonds. The number of ether oxygens (including phenoxy) is 2. The van der Waals surface area contributed by atoms with Crippen molar-refractivity contribution in [1.29, 1.82) is 0 Å². The summed E-state index contributed by atoms with van der Waals surface area (Å²) >= 11 is 5.92. The van der Waals surface area contributed by atoms with Crippen LogP contribution in [-0.4, -0.2) is 33.5 Å². The van der Waals surface area contributed by atoms with Crippen LogP contribution >= 0.6 is 11.6 Å². The molecule has 0 saturated heterocycles. The van der Waals surface area contributed by atoms with E-state index in [9.17, 15) is 4.39 Å². The molecule has 0 N–H and O–H groups in total. The van der Waals surface area contributed by atoms with Gasteiger partial charge in [0.05, 0.1) is 19.9 Å². The van der Waals surface area contributed by atoms with Crippen molar-refractivity contribution in [3.63, 3.8) is 0 Å². The fourth-order valence-corrected chi connectivity index (χ4v) is 2.29. The second-order valence-corrected chi connectivity index (χ2v) is 5.07. The maximum atomic E-state index is 12.5. The minimum Gasteiger partial charge on any atom is -0.497 e. The molecule has 23 heavy (non-hydrogen) atoms. The molecule has 0 aliphatic heterocycles. The molecule has 0 bridgehead atoms. The number of alkyl halides is 1. The summed E-state index contributed by atoms with van der Waals surface area (Å²) in [5.74, 6) is 1.09. The molecule has 2 heterocycles.